The molecule has 70 valence electrons. The van der Waals surface area contributed by atoms with E-state index in [0.29, 0.717) is 17.7 Å². The first-order valence-electron chi connectivity index (χ1n) is 4.27. The van der Waals surface area contributed by atoms with Gasteiger partial charge in [-0.15, -0.1) is 0 Å². The Morgan fingerprint density at radius 1 is 1.54 bits per heavy atom. The van der Waals surface area contributed by atoms with Gasteiger partial charge in [0.15, 0.2) is 0 Å². The van der Waals surface area contributed by atoms with Gasteiger partial charge in [-0.05, 0) is 19.4 Å². The number of hydrogen-bond acceptors (Lipinski definition) is 1. The SMILES string of the molecule is C/C(=C/c1cccc(C)c1F)CN. The van der Waals surface area contributed by atoms with Crippen LogP contribution in [-0.4, -0.2) is 6.54 Å². The third-order valence-electron chi connectivity index (χ3n) is 1.95. The molecule has 13 heavy (non-hydrogen) atoms. The first kappa shape index (κ1) is 9.93. The van der Waals surface area contributed by atoms with Gasteiger partial charge in [0, 0.05) is 12.1 Å². The van der Waals surface area contributed by atoms with E-state index in [4.69, 9.17) is 5.73 Å². The lowest BCUT2D eigenvalue weighted by atomic mass is 10.1. The second-order valence-electron chi connectivity index (χ2n) is 3.17. The molecule has 1 aromatic carbocycles. The first-order chi connectivity index (χ1) is 6.15. The largest absolute Gasteiger partial charge is 0.327 e. The minimum Gasteiger partial charge on any atom is -0.327 e. The van der Waals surface area contributed by atoms with E-state index in [2.05, 4.69) is 0 Å². The summed E-state index contributed by atoms with van der Waals surface area (Å²) in [6.07, 6.45) is 1.78. The van der Waals surface area contributed by atoms with Crippen LogP contribution in [0, 0.1) is 12.7 Å². The quantitative estimate of drug-likeness (QED) is 0.741. The van der Waals surface area contributed by atoms with Crippen molar-refractivity contribution in [3.05, 3.63) is 40.7 Å². The highest BCUT2D eigenvalue weighted by atomic mass is 19.1. The summed E-state index contributed by atoms with van der Waals surface area (Å²) < 4.78 is 13.4. The molecule has 0 heterocycles. The second-order valence-corrected chi connectivity index (χ2v) is 3.17. The molecule has 0 bridgehead atoms. The van der Waals surface area contributed by atoms with E-state index in [-0.39, 0.29) is 5.82 Å². The van der Waals surface area contributed by atoms with Crippen LogP contribution in [0.4, 0.5) is 4.39 Å². The van der Waals surface area contributed by atoms with E-state index in [1.807, 2.05) is 13.0 Å². The lowest BCUT2D eigenvalue weighted by molar-refractivity contribution is 0.615. The molecule has 1 rings (SSSR count). The lowest BCUT2D eigenvalue weighted by Gasteiger charge is -2.01. The van der Waals surface area contributed by atoms with E-state index < -0.39 is 0 Å². The third-order valence-corrected chi connectivity index (χ3v) is 1.95. The maximum Gasteiger partial charge on any atom is 0.133 e. The Balaban J connectivity index is 3.09. The van der Waals surface area contributed by atoms with Crippen molar-refractivity contribution in [2.45, 2.75) is 13.8 Å². The van der Waals surface area contributed by atoms with Crippen LogP contribution in [-0.2, 0) is 0 Å². The molecule has 0 atom stereocenters. The summed E-state index contributed by atoms with van der Waals surface area (Å²) in [4.78, 5) is 0. The Labute approximate surface area is 78.1 Å². The topological polar surface area (TPSA) is 26.0 Å². The van der Waals surface area contributed by atoms with E-state index in [1.165, 1.54) is 0 Å². The highest BCUT2D eigenvalue weighted by molar-refractivity contribution is 5.54. The van der Waals surface area contributed by atoms with Crippen LogP contribution < -0.4 is 5.73 Å². The summed E-state index contributed by atoms with van der Waals surface area (Å²) in [5, 5.41) is 0. The number of hydrogen-bond donors (Lipinski definition) is 1. The van der Waals surface area contributed by atoms with Gasteiger partial charge in [0.25, 0.3) is 0 Å². The van der Waals surface area contributed by atoms with Gasteiger partial charge in [0.1, 0.15) is 5.82 Å². The molecule has 0 aliphatic heterocycles. The van der Waals surface area contributed by atoms with Crippen LogP contribution in [0.1, 0.15) is 18.1 Å². The van der Waals surface area contributed by atoms with Crippen molar-refractivity contribution >= 4 is 6.08 Å². The number of benzene rings is 1. The van der Waals surface area contributed by atoms with Gasteiger partial charge < -0.3 is 5.73 Å². The third kappa shape index (κ3) is 2.39. The number of nitrogens with two attached hydrogens (primary N) is 1. The molecule has 0 aromatic heterocycles. The minimum atomic E-state index is -0.157. The second kappa shape index (κ2) is 4.19. The molecule has 0 amide bonds. The molecule has 1 nitrogen and oxygen atoms in total. The molecule has 0 unspecified atom stereocenters. The molecule has 0 aliphatic carbocycles. The molecule has 0 saturated carbocycles. The van der Waals surface area contributed by atoms with E-state index in [1.54, 1.807) is 25.1 Å². The summed E-state index contributed by atoms with van der Waals surface area (Å²) in [6.45, 7) is 4.11. The fourth-order valence-electron chi connectivity index (χ4n) is 1.11. The van der Waals surface area contributed by atoms with Gasteiger partial charge in [0.05, 0.1) is 0 Å². The van der Waals surface area contributed by atoms with Crippen molar-refractivity contribution in [3.8, 4) is 0 Å². The minimum absolute atomic E-state index is 0.157. The molecule has 0 spiro atoms. The zero-order valence-electron chi connectivity index (χ0n) is 7.97. The number of halogens is 1. The smallest absolute Gasteiger partial charge is 0.133 e. The molecule has 0 saturated heterocycles. The van der Waals surface area contributed by atoms with Crippen molar-refractivity contribution in [1.29, 1.82) is 0 Å². The molecule has 0 radical (unpaired) electrons. The molecule has 0 fully saturated rings. The predicted octanol–water partition coefficient (Wildman–Crippen LogP) is 2.50. The van der Waals surface area contributed by atoms with Crippen LogP contribution >= 0.6 is 0 Å². The molecule has 2 heteroatoms. The number of rotatable bonds is 2. The van der Waals surface area contributed by atoms with E-state index >= 15 is 0 Å². The molecule has 2 N–H and O–H groups in total. The van der Waals surface area contributed by atoms with Crippen LogP contribution in [0.25, 0.3) is 6.08 Å². The van der Waals surface area contributed by atoms with Crippen LogP contribution in [0.15, 0.2) is 23.8 Å². The monoisotopic (exact) mass is 179 g/mol. The summed E-state index contributed by atoms with van der Waals surface area (Å²) >= 11 is 0. The number of aryl methyl sites for hydroxylation is 1. The standard InChI is InChI=1S/C11H14FN/c1-8(7-13)6-10-5-3-4-9(2)11(10)12/h3-6H,7,13H2,1-2H3/b8-6-. The van der Waals surface area contributed by atoms with Crippen molar-refractivity contribution in [3.63, 3.8) is 0 Å². The van der Waals surface area contributed by atoms with Crippen molar-refractivity contribution in [1.82, 2.24) is 0 Å². The Hall–Kier alpha value is -1.15. The summed E-state index contributed by atoms with van der Waals surface area (Å²) in [5.41, 5.74) is 7.67. The average Bonchev–Trinajstić information content (AvgIpc) is 2.13. The molecular formula is C11H14FN. The molecule has 0 aliphatic rings. The van der Waals surface area contributed by atoms with Gasteiger partial charge >= 0.3 is 0 Å². The molecule has 1 aromatic rings. The van der Waals surface area contributed by atoms with E-state index in [9.17, 15) is 4.39 Å². The maximum atomic E-state index is 13.4. The van der Waals surface area contributed by atoms with Gasteiger partial charge in [-0.1, -0.05) is 29.8 Å². The highest BCUT2D eigenvalue weighted by Crippen LogP contribution is 2.14. The van der Waals surface area contributed by atoms with Crippen molar-refractivity contribution < 1.29 is 4.39 Å². The summed E-state index contributed by atoms with van der Waals surface area (Å²) in [5.74, 6) is -0.157. The zero-order valence-corrected chi connectivity index (χ0v) is 7.97. The highest BCUT2D eigenvalue weighted by Gasteiger charge is 2.01. The van der Waals surface area contributed by atoms with Crippen molar-refractivity contribution in [2.75, 3.05) is 6.54 Å². The van der Waals surface area contributed by atoms with Gasteiger partial charge in [0.2, 0.25) is 0 Å². The Morgan fingerprint density at radius 3 is 2.85 bits per heavy atom. The van der Waals surface area contributed by atoms with Crippen molar-refractivity contribution in [2.24, 2.45) is 5.73 Å². The lowest BCUT2D eigenvalue weighted by Crippen LogP contribution is -1.99. The van der Waals surface area contributed by atoms with Crippen LogP contribution in [0.5, 0.6) is 0 Å². The maximum absolute atomic E-state index is 13.4. The predicted molar refractivity (Wildman–Crippen MR) is 53.8 cm³/mol. The average molecular weight is 179 g/mol. The van der Waals surface area contributed by atoms with Crippen LogP contribution in [0.2, 0.25) is 0 Å². The fourth-order valence-corrected chi connectivity index (χ4v) is 1.11. The van der Waals surface area contributed by atoms with E-state index in [0.717, 1.165) is 5.57 Å². The first-order valence-corrected chi connectivity index (χ1v) is 4.27. The zero-order chi connectivity index (χ0) is 9.84. The normalized spacial score (nSPS) is 11.8. The Morgan fingerprint density at radius 2 is 2.23 bits per heavy atom. The molecular weight excluding hydrogens is 165 g/mol. The summed E-state index contributed by atoms with van der Waals surface area (Å²) in [6, 6.07) is 5.35. The van der Waals surface area contributed by atoms with Gasteiger partial charge in [-0.3, -0.25) is 0 Å². The fraction of sp³-hybridized carbons (Fsp3) is 0.273. The van der Waals surface area contributed by atoms with Gasteiger partial charge in [-0.25, -0.2) is 4.39 Å². The summed E-state index contributed by atoms with van der Waals surface area (Å²) in [7, 11) is 0. The Kier molecular flexibility index (Phi) is 3.20. The Bertz CT molecular complexity index is 329. The van der Waals surface area contributed by atoms with Gasteiger partial charge in [-0.2, -0.15) is 0 Å². The van der Waals surface area contributed by atoms with Crippen LogP contribution in [0.3, 0.4) is 0 Å².